The number of esters is 2. The summed E-state index contributed by atoms with van der Waals surface area (Å²) in [6.45, 7) is 2.99. The number of piperidine rings is 1. The van der Waals surface area contributed by atoms with E-state index in [-0.39, 0.29) is 19.5 Å². The summed E-state index contributed by atoms with van der Waals surface area (Å²) in [5.74, 6) is -2.76. The maximum Gasteiger partial charge on any atom is 0.422 e. The van der Waals surface area contributed by atoms with E-state index in [1.165, 1.54) is 0 Å². The molecule has 0 aromatic heterocycles. The van der Waals surface area contributed by atoms with E-state index in [1.807, 2.05) is 0 Å². The molecule has 2 saturated heterocycles. The predicted octanol–water partition coefficient (Wildman–Crippen LogP) is -0.613. The van der Waals surface area contributed by atoms with Crippen LogP contribution in [0.4, 0.5) is 4.79 Å². The maximum absolute atomic E-state index is 12.0. The quantitative estimate of drug-likeness (QED) is 0.544. The lowest BCUT2D eigenvalue weighted by Crippen LogP contribution is -2.50. The highest BCUT2D eigenvalue weighted by atomic mass is 32.2. The summed E-state index contributed by atoms with van der Waals surface area (Å²) in [6, 6.07) is 0. The molecule has 0 spiro atoms. The number of carbonyl (C=O) groups excluding carboxylic acids is 3. The number of amides is 1. The predicted molar refractivity (Wildman–Crippen MR) is 67.9 cm³/mol. The number of cyclic esters (lactones) is 2. The minimum absolute atomic E-state index is 0.0217. The fourth-order valence-electron chi connectivity index (χ4n) is 2.32. The van der Waals surface area contributed by atoms with E-state index in [0.717, 1.165) is 4.31 Å². The Kier molecular flexibility index (Phi) is 4.19. The zero-order valence-corrected chi connectivity index (χ0v) is 12.4. The van der Waals surface area contributed by atoms with Gasteiger partial charge in [-0.25, -0.2) is 9.52 Å². The van der Waals surface area contributed by atoms with Crippen LogP contribution >= 0.6 is 0 Å². The first kappa shape index (κ1) is 15.7. The van der Waals surface area contributed by atoms with E-state index >= 15 is 0 Å². The Balaban J connectivity index is 2.04. The smallest absolute Gasteiger partial charge is 0.422 e. The Labute approximate surface area is 121 Å². The summed E-state index contributed by atoms with van der Waals surface area (Å²) in [5.41, 5.74) is 0. The van der Waals surface area contributed by atoms with Crippen molar-refractivity contribution in [1.82, 2.24) is 9.03 Å². The van der Waals surface area contributed by atoms with Gasteiger partial charge >= 0.3 is 28.2 Å². The highest BCUT2D eigenvalue weighted by Gasteiger charge is 2.49. The van der Waals surface area contributed by atoms with Crippen LogP contribution < -0.4 is 4.72 Å². The molecule has 0 aromatic rings. The topological polar surface area (TPSA) is 119 Å². The van der Waals surface area contributed by atoms with Crippen LogP contribution in [0.3, 0.4) is 0 Å². The number of carbonyl (C=O) groups is 3. The molecular formula is C11H16N2O7S. The average Bonchev–Trinajstić information content (AvgIpc) is 2.63. The van der Waals surface area contributed by atoms with E-state index in [9.17, 15) is 22.8 Å². The fraction of sp³-hybridized carbons (Fsp3) is 0.727. The molecule has 1 amide bonds. The Morgan fingerprint density at radius 2 is 1.95 bits per heavy atom. The van der Waals surface area contributed by atoms with Gasteiger partial charge in [0.15, 0.2) is 0 Å². The van der Waals surface area contributed by atoms with E-state index in [0.29, 0.717) is 0 Å². The van der Waals surface area contributed by atoms with Gasteiger partial charge in [-0.2, -0.15) is 12.7 Å². The molecule has 0 radical (unpaired) electrons. The van der Waals surface area contributed by atoms with Crippen molar-refractivity contribution < 1.29 is 32.3 Å². The number of rotatable bonds is 3. The van der Waals surface area contributed by atoms with E-state index in [4.69, 9.17) is 4.74 Å². The third kappa shape index (κ3) is 3.32. The van der Waals surface area contributed by atoms with Crippen LogP contribution in [0.25, 0.3) is 0 Å². The van der Waals surface area contributed by atoms with Gasteiger partial charge in [0.25, 0.3) is 0 Å². The van der Waals surface area contributed by atoms with Crippen LogP contribution in [-0.2, 0) is 29.3 Å². The monoisotopic (exact) mass is 320 g/mol. The van der Waals surface area contributed by atoms with Gasteiger partial charge in [-0.3, -0.25) is 9.59 Å². The van der Waals surface area contributed by atoms with Gasteiger partial charge in [-0.15, -0.1) is 0 Å². The molecule has 2 heterocycles. The number of ether oxygens (including phenoxy) is 2. The lowest BCUT2D eigenvalue weighted by Gasteiger charge is -2.30. The van der Waals surface area contributed by atoms with Gasteiger partial charge in [0.05, 0.1) is 17.9 Å². The van der Waals surface area contributed by atoms with Crippen LogP contribution in [0.15, 0.2) is 0 Å². The molecule has 0 aliphatic carbocycles. The van der Waals surface area contributed by atoms with Crippen molar-refractivity contribution in [3.63, 3.8) is 0 Å². The van der Waals surface area contributed by atoms with E-state index < -0.39 is 46.2 Å². The number of nitrogens with one attached hydrogen (secondary N) is 1. The van der Waals surface area contributed by atoms with Gasteiger partial charge in [0.2, 0.25) is 0 Å². The molecule has 1 N–H and O–H groups in total. The summed E-state index contributed by atoms with van der Waals surface area (Å²) in [4.78, 5) is 34.2. The molecule has 2 unspecified atom stereocenters. The number of hydrogen-bond acceptors (Lipinski definition) is 7. The van der Waals surface area contributed by atoms with Crippen molar-refractivity contribution in [3.8, 4) is 0 Å². The molecule has 9 nitrogen and oxygen atoms in total. The molecular weight excluding hydrogens is 304 g/mol. The minimum Gasteiger partial charge on any atom is -0.446 e. The van der Waals surface area contributed by atoms with Gasteiger partial charge in [0, 0.05) is 13.1 Å². The second kappa shape index (κ2) is 5.60. The minimum atomic E-state index is -4.12. The van der Waals surface area contributed by atoms with Crippen molar-refractivity contribution >= 4 is 28.2 Å². The van der Waals surface area contributed by atoms with Crippen LogP contribution in [0, 0.1) is 11.8 Å². The second-order valence-electron chi connectivity index (χ2n) is 5.16. The lowest BCUT2D eigenvalue weighted by molar-refractivity contribution is -0.153. The molecule has 0 bridgehead atoms. The molecule has 2 fully saturated rings. The molecule has 118 valence electrons. The third-order valence-corrected chi connectivity index (χ3v) is 4.71. The third-order valence-electron chi connectivity index (χ3n) is 3.28. The van der Waals surface area contributed by atoms with Crippen molar-refractivity contribution in [2.45, 2.75) is 26.4 Å². The summed E-state index contributed by atoms with van der Waals surface area (Å²) in [7, 11) is -4.12. The first-order valence-electron chi connectivity index (χ1n) is 6.44. The number of fused-ring (bicyclic) bond motifs is 1. The summed E-state index contributed by atoms with van der Waals surface area (Å²) < 4.78 is 36.0. The second-order valence-corrected chi connectivity index (χ2v) is 6.83. The van der Waals surface area contributed by atoms with Crippen LogP contribution in [0.1, 0.15) is 20.3 Å². The first-order chi connectivity index (χ1) is 9.70. The van der Waals surface area contributed by atoms with E-state index in [1.54, 1.807) is 18.6 Å². The number of hydrogen-bond donors (Lipinski definition) is 1. The molecule has 0 saturated carbocycles. The largest absolute Gasteiger partial charge is 0.446 e. The maximum atomic E-state index is 12.0. The fourth-order valence-corrected chi connectivity index (χ4v) is 3.41. The summed E-state index contributed by atoms with van der Waals surface area (Å²) in [6.07, 6.45) is -1.37. The molecule has 2 rings (SSSR count). The molecule has 0 aromatic carbocycles. The van der Waals surface area contributed by atoms with Gasteiger partial charge in [-0.1, -0.05) is 0 Å². The SMILES string of the molecule is CC(C)OC(=O)NS(=O)(=O)N1CCC2C(=O)OC(=O)C2C1. The van der Waals surface area contributed by atoms with Crippen LogP contribution in [-0.4, -0.2) is 49.9 Å². The Bertz CT molecular complexity index is 571. The molecule has 2 atom stereocenters. The van der Waals surface area contributed by atoms with Gasteiger partial charge < -0.3 is 9.47 Å². The van der Waals surface area contributed by atoms with Crippen molar-refractivity contribution in [2.75, 3.05) is 13.1 Å². The zero-order valence-electron chi connectivity index (χ0n) is 11.6. The van der Waals surface area contributed by atoms with Crippen molar-refractivity contribution in [1.29, 1.82) is 0 Å². The normalized spacial score (nSPS) is 26.4. The van der Waals surface area contributed by atoms with Gasteiger partial charge in [0.1, 0.15) is 0 Å². The Hall–Kier alpha value is -1.68. The van der Waals surface area contributed by atoms with E-state index in [2.05, 4.69) is 4.74 Å². The molecule has 2 aliphatic heterocycles. The standard InChI is InChI=1S/C11H16N2O7S/c1-6(2)19-11(16)12-21(17,18)13-4-3-7-8(5-13)10(15)20-9(7)14/h6-8H,3-5H2,1-2H3,(H,12,16). The van der Waals surface area contributed by atoms with Crippen LogP contribution in [0.5, 0.6) is 0 Å². The molecule has 10 heteroatoms. The van der Waals surface area contributed by atoms with Crippen LogP contribution in [0.2, 0.25) is 0 Å². The summed E-state index contributed by atoms with van der Waals surface area (Å²) >= 11 is 0. The first-order valence-corrected chi connectivity index (χ1v) is 7.88. The summed E-state index contributed by atoms with van der Waals surface area (Å²) in [5, 5.41) is 0. The van der Waals surface area contributed by atoms with Crippen molar-refractivity contribution in [3.05, 3.63) is 0 Å². The zero-order chi connectivity index (χ0) is 15.8. The Morgan fingerprint density at radius 1 is 1.33 bits per heavy atom. The lowest BCUT2D eigenvalue weighted by atomic mass is 9.89. The van der Waals surface area contributed by atoms with Crippen molar-refractivity contribution in [2.24, 2.45) is 11.8 Å². The average molecular weight is 320 g/mol. The highest BCUT2D eigenvalue weighted by Crippen LogP contribution is 2.32. The highest BCUT2D eigenvalue weighted by molar-refractivity contribution is 7.87. The number of nitrogens with zero attached hydrogens (tertiary/aromatic N) is 1. The molecule has 21 heavy (non-hydrogen) atoms. The van der Waals surface area contributed by atoms with Gasteiger partial charge in [-0.05, 0) is 20.3 Å². The molecule has 2 aliphatic rings. The Morgan fingerprint density at radius 3 is 2.57 bits per heavy atom.